The summed E-state index contributed by atoms with van der Waals surface area (Å²) in [5.74, 6) is -0.199. The van der Waals surface area contributed by atoms with Crippen LogP contribution in [0.2, 0.25) is 0 Å². The van der Waals surface area contributed by atoms with Crippen molar-refractivity contribution in [2.45, 2.75) is 12.6 Å². The molecule has 2 amide bonds. The van der Waals surface area contributed by atoms with Crippen LogP contribution in [0.25, 0.3) is 0 Å². The van der Waals surface area contributed by atoms with E-state index in [1.54, 1.807) is 12.4 Å². The molecule has 0 aliphatic carbocycles. The first kappa shape index (κ1) is 11.5. The lowest BCUT2D eigenvalue weighted by atomic mass is 10.2. The van der Waals surface area contributed by atoms with Gasteiger partial charge in [-0.15, -0.1) is 0 Å². The molecule has 1 saturated heterocycles. The molecule has 2 rings (SSSR count). The van der Waals surface area contributed by atoms with E-state index in [4.69, 9.17) is 0 Å². The smallest absolute Gasteiger partial charge is 0.239 e. The van der Waals surface area contributed by atoms with Crippen LogP contribution in [0, 0.1) is 0 Å². The quantitative estimate of drug-likeness (QED) is 0.612. The Hall–Kier alpha value is -1.95. The maximum absolute atomic E-state index is 11.7. The predicted molar refractivity (Wildman–Crippen MR) is 60.9 cm³/mol. The lowest BCUT2D eigenvalue weighted by Gasteiger charge is -2.23. The maximum atomic E-state index is 11.7. The number of nitrogens with zero attached hydrogens (tertiary/aromatic N) is 1. The largest absolute Gasteiger partial charge is 0.353 e. The molecule has 1 aliphatic rings. The Morgan fingerprint density at radius 3 is 3.12 bits per heavy atom. The average molecular weight is 234 g/mol. The molecule has 3 N–H and O–H groups in total. The molecule has 6 heteroatoms. The lowest BCUT2D eigenvalue weighted by molar-refractivity contribution is -0.126. The van der Waals surface area contributed by atoms with E-state index in [0.29, 0.717) is 13.1 Å². The summed E-state index contributed by atoms with van der Waals surface area (Å²) in [6.07, 6.45) is 3.39. The van der Waals surface area contributed by atoms with E-state index in [1.165, 1.54) is 0 Å². The summed E-state index contributed by atoms with van der Waals surface area (Å²) in [6.45, 7) is 0.960. The van der Waals surface area contributed by atoms with Crippen LogP contribution in [0.1, 0.15) is 5.56 Å². The van der Waals surface area contributed by atoms with Crippen molar-refractivity contribution in [3.63, 3.8) is 0 Å². The van der Waals surface area contributed by atoms with Crippen molar-refractivity contribution in [2.24, 2.45) is 0 Å². The molecule has 0 saturated carbocycles. The molecule has 1 aromatic heterocycles. The molecule has 90 valence electrons. The summed E-state index contributed by atoms with van der Waals surface area (Å²) in [5.41, 5.74) is 0.945. The fraction of sp³-hybridized carbons (Fsp3) is 0.364. The van der Waals surface area contributed by atoms with E-state index >= 15 is 0 Å². The van der Waals surface area contributed by atoms with Gasteiger partial charge in [0.2, 0.25) is 11.8 Å². The van der Waals surface area contributed by atoms with Gasteiger partial charge in [0.15, 0.2) is 0 Å². The zero-order chi connectivity index (χ0) is 12.1. The standard InChI is InChI=1S/C11H14N4O2/c16-10-7-13-9(6-14-10)11(17)15-5-8-2-1-3-12-4-8/h1-4,9,13H,5-7H2,(H,14,16)(H,15,17). The van der Waals surface area contributed by atoms with E-state index in [1.807, 2.05) is 12.1 Å². The van der Waals surface area contributed by atoms with Crippen molar-refractivity contribution in [1.82, 2.24) is 20.9 Å². The fourth-order valence-corrected chi connectivity index (χ4v) is 1.57. The average Bonchev–Trinajstić information content (AvgIpc) is 2.38. The van der Waals surface area contributed by atoms with Gasteiger partial charge in [-0.1, -0.05) is 6.07 Å². The zero-order valence-electron chi connectivity index (χ0n) is 9.27. The van der Waals surface area contributed by atoms with Crippen molar-refractivity contribution in [1.29, 1.82) is 0 Å². The molecule has 0 spiro atoms. The van der Waals surface area contributed by atoms with Crippen LogP contribution in [-0.2, 0) is 16.1 Å². The number of carbonyl (C=O) groups excluding carboxylic acids is 2. The molecular weight excluding hydrogens is 220 g/mol. The minimum atomic E-state index is -0.357. The minimum Gasteiger partial charge on any atom is -0.353 e. The molecule has 1 aliphatic heterocycles. The second kappa shape index (κ2) is 5.40. The number of piperazine rings is 1. The number of rotatable bonds is 3. The van der Waals surface area contributed by atoms with Crippen molar-refractivity contribution >= 4 is 11.8 Å². The summed E-state index contributed by atoms with van der Waals surface area (Å²) in [4.78, 5) is 26.6. The SMILES string of the molecule is O=C1CNC(C(=O)NCc2cccnc2)CN1. The fourth-order valence-electron chi connectivity index (χ4n) is 1.57. The summed E-state index contributed by atoms with van der Waals surface area (Å²) < 4.78 is 0. The molecule has 1 fully saturated rings. The molecule has 0 bridgehead atoms. The van der Waals surface area contributed by atoms with Crippen LogP contribution in [-0.4, -0.2) is 35.9 Å². The first-order valence-corrected chi connectivity index (χ1v) is 5.42. The van der Waals surface area contributed by atoms with Gasteiger partial charge in [-0.2, -0.15) is 0 Å². The number of amides is 2. The number of aromatic nitrogens is 1. The lowest BCUT2D eigenvalue weighted by Crippen LogP contribution is -2.57. The highest BCUT2D eigenvalue weighted by molar-refractivity contribution is 5.86. The Kier molecular flexibility index (Phi) is 3.66. The van der Waals surface area contributed by atoms with Crippen LogP contribution >= 0.6 is 0 Å². The third-order valence-electron chi connectivity index (χ3n) is 2.52. The van der Waals surface area contributed by atoms with Crippen LogP contribution in [0.5, 0.6) is 0 Å². The highest BCUT2D eigenvalue weighted by Crippen LogP contribution is 1.95. The molecule has 0 aromatic carbocycles. The Morgan fingerprint density at radius 1 is 1.59 bits per heavy atom. The highest BCUT2D eigenvalue weighted by atomic mass is 16.2. The van der Waals surface area contributed by atoms with E-state index < -0.39 is 0 Å². The van der Waals surface area contributed by atoms with Gasteiger partial charge in [-0.05, 0) is 11.6 Å². The van der Waals surface area contributed by atoms with Crippen molar-refractivity contribution in [2.75, 3.05) is 13.1 Å². The van der Waals surface area contributed by atoms with E-state index in [0.717, 1.165) is 5.56 Å². The van der Waals surface area contributed by atoms with E-state index in [2.05, 4.69) is 20.9 Å². The summed E-state index contributed by atoms with van der Waals surface area (Å²) in [6, 6.07) is 3.36. The Bertz CT molecular complexity index is 397. The van der Waals surface area contributed by atoms with Gasteiger partial charge in [0.25, 0.3) is 0 Å². The zero-order valence-corrected chi connectivity index (χ0v) is 9.27. The van der Waals surface area contributed by atoms with Gasteiger partial charge in [0.05, 0.1) is 6.54 Å². The number of hydrogen-bond donors (Lipinski definition) is 3. The third-order valence-corrected chi connectivity index (χ3v) is 2.52. The van der Waals surface area contributed by atoms with Crippen LogP contribution < -0.4 is 16.0 Å². The van der Waals surface area contributed by atoms with E-state index in [-0.39, 0.29) is 24.4 Å². The first-order valence-electron chi connectivity index (χ1n) is 5.42. The monoisotopic (exact) mass is 234 g/mol. The number of nitrogens with one attached hydrogen (secondary N) is 3. The van der Waals surface area contributed by atoms with Gasteiger partial charge in [-0.3, -0.25) is 19.9 Å². The third kappa shape index (κ3) is 3.25. The molecular formula is C11H14N4O2. The second-order valence-corrected chi connectivity index (χ2v) is 3.82. The van der Waals surface area contributed by atoms with Gasteiger partial charge in [0.1, 0.15) is 6.04 Å². The summed E-state index contributed by atoms with van der Waals surface area (Å²) in [5, 5.41) is 8.29. The molecule has 1 aromatic rings. The highest BCUT2D eigenvalue weighted by Gasteiger charge is 2.23. The number of hydrogen-bond acceptors (Lipinski definition) is 4. The molecule has 0 radical (unpaired) electrons. The molecule has 1 unspecified atom stereocenters. The maximum Gasteiger partial charge on any atom is 0.239 e. The summed E-state index contributed by atoms with van der Waals surface area (Å²) in [7, 11) is 0. The molecule has 6 nitrogen and oxygen atoms in total. The second-order valence-electron chi connectivity index (χ2n) is 3.82. The number of pyridine rings is 1. The summed E-state index contributed by atoms with van der Waals surface area (Å²) >= 11 is 0. The minimum absolute atomic E-state index is 0.0821. The van der Waals surface area contributed by atoms with Gasteiger partial charge in [0, 0.05) is 25.5 Å². The predicted octanol–water partition coefficient (Wildman–Crippen LogP) is -1.21. The molecule has 17 heavy (non-hydrogen) atoms. The van der Waals surface area contributed by atoms with Gasteiger partial charge in [-0.25, -0.2) is 0 Å². The Labute approximate surface area is 98.8 Å². The van der Waals surface area contributed by atoms with Gasteiger partial charge >= 0.3 is 0 Å². The Morgan fingerprint density at radius 2 is 2.47 bits per heavy atom. The van der Waals surface area contributed by atoms with Crippen molar-refractivity contribution in [3.05, 3.63) is 30.1 Å². The normalized spacial score (nSPS) is 19.5. The van der Waals surface area contributed by atoms with Crippen molar-refractivity contribution < 1.29 is 9.59 Å². The number of carbonyl (C=O) groups is 2. The van der Waals surface area contributed by atoms with Crippen LogP contribution in [0.3, 0.4) is 0 Å². The Balaban J connectivity index is 1.80. The van der Waals surface area contributed by atoms with Crippen LogP contribution in [0.15, 0.2) is 24.5 Å². The van der Waals surface area contributed by atoms with Crippen LogP contribution in [0.4, 0.5) is 0 Å². The molecule has 2 heterocycles. The first-order chi connectivity index (χ1) is 8.25. The van der Waals surface area contributed by atoms with Crippen molar-refractivity contribution in [3.8, 4) is 0 Å². The molecule has 1 atom stereocenters. The topological polar surface area (TPSA) is 83.1 Å². The van der Waals surface area contributed by atoms with Gasteiger partial charge < -0.3 is 10.6 Å². The van der Waals surface area contributed by atoms with E-state index in [9.17, 15) is 9.59 Å².